The van der Waals surface area contributed by atoms with Crippen molar-refractivity contribution in [2.45, 2.75) is 19.3 Å². The SMILES string of the molecule is Cc1ccc2c(c1)[C@@H](C(=O)O)CC(=O)N2C. The fraction of sp³-hybridized carbons (Fsp3) is 0.333. The van der Waals surface area contributed by atoms with Gasteiger partial charge in [0.2, 0.25) is 5.91 Å². The van der Waals surface area contributed by atoms with E-state index in [1.807, 2.05) is 19.1 Å². The van der Waals surface area contributed by atoms with Crippen LogP contribution in [-0.2, 0) is 9.59 Å². The first-order chi connectivity index (χ1) is 7.50. The van der Waals surface area contributed by atoms with Gasteiger partial charge in [0.15, 0.2) is 0 Å². The van der Waals surface area contributed by atoms with Crippen LogP contribution in [0.4, 0.5) is 5.69 Å². The standard InChI is InChI=1S/C12H13NO3/c1-7-3-4-10-8(5-7)9(12(15)16)6-11(14)13(10)2/h3-5,9H,6H2,1-2H3,(H,15,16)/t9-/m0/s1. The Bertz CT molecular complexity index is 467. The molecule has 1 aromatic rings. The molecule has 1 atom stereocenters. The number of fused-ring (bicyclic) bond motifs is 1. The lowest BCUT2D eigenvalue weighted by atomic mass is 9.89. The van der Waals surface area contributed by atoms with Crippen molar-refractivity contribution >= 4 is 17.6 Å². The number of hydrogen-bond donors (Lipinski definition) is 1. The molecular formula is C12H13NO3. The molecule has 2 rings (SSSR count). The van der Waals surface area contributed by atoms with Crippen LogP contribution in [-0.4, -0.2) is 24.0 Å². The van der Waals surface area contributed by atoms with Crippen LogP contribution in [0.15, 0.2) is 18.2 Å². The number of carboxylic acid groups (broad SMARTS) is 1. The molecule has 1 aromatic carbocycles. The molecule has 0 saturated heterocycles. The summed E-state index contributed by atoms with van der Waals surface area (Å²) in [5, 5.41) is 9.11. The van der Waals surface area contributed by atoms with Crippen molar-refractivity contribution in [1.29, 1.82) is 0 Å². The van der Waals surface area contributed by atoms with Gasteiger partial charge in [-0.3, -0.25) is 9.59 Å². The molecule has 4 nitrogen and oxygen atoms in total. The Morgan fingerprint density at radius 3 is 2.81 bits per heavy atom. The van der Waals surface area contributed by atoms with Gasteiger partial charge in [-0.1, -0.05) is 17.7 Å². The maximum Gasteiger partial charge on any atom is 0.311 e. The highest BCUT2D eigenvalue weighted by Gasteiger charge is 2.33. The predicted molar refractivity (Wildman–Crippen MR) is 59.6 cm³/mol. The Kier molecular flexibility index (Phi) is 2.42. The van der Waals surface area contributed by atoms with Gasteiger partial charge in [-0.15, -0.1) is 0 Å². The van der Waals surface area contributed by atoms with Crippen molar-refractivity contribution in [3.05, 3.63) is 29.3 Å². The van der Waals surface area contributed by atoms with E-state index < -0.39 is 11.9 Å². The Labute approximate surface area is 93.5 Å². The maximum atomic E-state index is 11.6. The van der Waals surface area contributed by atoms with E-state index in [1.165, 1.54) is 4.90 Å². The summed E-state index contributed by atoms with van der Waals surface area (Å²) in [6, 6.07) is 5.53. The Hall–Kier alpha value is -1.84. The third-order valence-corrected chi connectivity index (χ3v) is 2.97. The molecule has 0 unspecified atom stereocenters. The number of benzene rings is 1. The van der Waals surface area contributed by atoms with Crippen LogP contribution in [0.25, 0.3) is 0 Å². The number of rotatable bonds is 1. The van der Waals surface area contributed by atoms with Gasteiger partial charge in [0.1, 0.15) is 0 Å². The van der Waals surface area contributed by atoms with E-state index in [9.17, 15) is 9.59 Å². The van der Waals surface area contributed by atoms with Gasteiger partial charge in [-0.25, -0.2) is 0 Å². The van der Waals surface area contributed by atoms with E-state index in [4.69, 9.17) is 5.11 Å². The lowest BCUT2D eigenvalue weighted by molar-refractivity contribution is -0.140. The largest absolute Gasteiger partial charge is 0.481 e. The number of hydrogen-bond acceptors (Lipinski definition) is 2. The van der Waals surface area contributed by atoms with Crippen molar-refractivity contribution in [1.82, 2.24) is 0 Å². The van der Waals surface area contributed by atoms with Gasteiger partial charge >= 0.3 is 5.97 Å². The normalized spacial score (nSPS) is 19.5. The number of aryl methyl sites for hydroxylation is 1. The number of anilines is 1. The highest BCUT2D eigenvalue weighted by molar-refractivity contribution is 6.01. The number of nitrogens with zero attached hydrogens (tertiary/aromatic N) is 1. The Morgan fingerprint density at radius 1 is 1.50 bits per heavy atom. The molecule has 1 heterocycles. The lowest BCUT2D eigenvalue weighted by Crippen LogP contribution is -2.35. The molecule has 0 spiro atoms. The van der Waals surface area contributed by atoms with Gasteiger partial charge in [0.05, 0.1) is 5.92 Å². The third kappa shape index (κ3) is 1.56. The lowest BCUT2D eigenvalue weighted by Gasteiger charge is -2.29. The average Bonchev–Trinajstić information content (AvgIpc) is 2.22. The van der Waals surface area contributed by atoms with E-state index in [0.717, 1.165) is 11.1 Å². The average molecular weight is 219 g/mol. The van der Waals surface area contributed by atoms with Gasteiger partial charge < -0.3 is 10.0 Å². The zero-order chi connectivity index (χ0) is 11.9. The number of carboxylic acids is 1. The first kappa shape index (κ1) is 10.7. The smallest absolute Gasteiger partial charge is 0.311 e. The van der Waals surface area contributed by atoms with Gasteiger partial charge in [-0.2, -0.15) is 0 Å². The zero-order valence-electron chi connectivity index (χ0n) is 9.23. The van der Waals surface area contributed by atoms with E-state index in [0.29, 0.717) is 5.69 Å². The molecule has 0 saturated carbocycles. The van der Waals surface area contributed by atoms with Crippen molar-refractivity contribution < 1.29 is 14.7 Å². The molecular weight excluding hydrogens is 206 g/mol. The first-order valence-electron chi connectivity index (χ1n) is 5.10. The molecule has 16 heavy (non-hydrogen) atoms. The third-order valence-electron chi connectivity index (χ3n) is 2.97. The highest BCUT2D eigenvalue weighted by Crippen LogP contribution is 2.35. The number of carbonyl (C=O) groups excluding carboxylic acids is 1. The summed E-state index contributed by atoms with van der Waals surface area (Å²) >= 11 is 0. The minimum atomic E-state index is -0.937. The first-order valence-corrected chi connectivity index (χ1v) is 5.10. The Morgan fingerprint density at radius 2 is 2.19 bits per heavy atom. The molecule has 0 fully saturated rings. The van der Waals surface area contributed by atoms with Crippen LogP contribution < -0.4 is 4.90 Å². The molecule has 84 valence electrons. The summed E-state index contributed by atoms with van der Waals surface area (Å²) in [5.41, 5.74) is 2.44. The van der Waals surface area contributed by atoms with Gasteiger partial charge in [0, 0.05) is 19.2 Å². The second-order valence-electron chi connectivity index (χ2n) is 4.11. The molecule has 4 heteroatoms. The summed E-state index contributed by atoms with van der Waals surface area (Å²) in [7, 11) is 1.68. The molecule has 0 radical (unpaired) electrons. The van der Waals surface area contributed by atoms with E-state index in [2.05, 4.69) is 0 Å². The summed E-state index contributed by atoms with van der Waals surface area (Å²) in [4.78, 5) is 24.3. The van der Waals surface area contributed by atoms with Crippen LogP contribution in [0.2, 0.25) is 0 Å². The number of amides is 1. The van der Waals surface area contributed by atoms with Crippen LogP contribution in [0.3, 0.4) is 0 Å². The minimum Gasteiger partial charge on any atom is -0.481 e. The van der Waals surface area contributed by atoms with Crippen LogP contribution in [0.5, 0.6) is 0 Å². The van der Waals surface area contributed by atoms with Crippen molar-refractivity contribution in [3.63, 3.8) is 0 Å². The highest BCUT2D eigenvalue weighted by atomic mass is 16.4. The number of aliphatic carboxylic acids is 1. The molecule has 0 bridgehead atoms. The Balaban J connectivity index is 2.58. The van der Waals surface area contributed by atoms with Crippen LogP contribution >= 0.6 is 0 Å². The molecule has 0 aliphatic carbocycles. The molecule has 1 aliphatic rings. The van der Waals surface area contributed by atoms with E-state index in [-0.39, 0.29) is 12.3 Å². The summed E-state index contributed by atoms with van der Waals surface area (Å²) in [6.45, 7) is 1.91. The zero-order valence-corrected chi connectivity index (χ0v) is 9.23. The molecule has 0 aromatic heterocycles. The second kappa shape index (κ2) is 3.63. The van der Waals surface area contributed by atoms with Crippen LogP contribution in [0, 0.1) is 6.92 Å². The second-order valence-corrected chi connectivity index (χ2v) is 4.11. The molecule has 1 aliphatic heterocycles. The minimum absolute atomic E-state index is 0.0439. The van der Waals surface area contributed by atoms with Gasteiger partial charge in [0.25, 0.3) is 0 Å². The van der Waals surface area contributed by atoms with Crippen molar-refractivity contribution in [2.75, 3.05) is 11.9 Å². The summed E-state index contributed by atoms with van der Waals surface area (Å²) < 4.78 is 0. The quantitative estimate of drug-likeness (QED) is 0.779. The van der Waals surface area contributed by atoms with Crippen molar-refractivity contribution in [2.24, 2.45) is 0 Å². The van der Waals surface area contributed by atoms with Gasteiger partial charge in [-0.05, 0) is 18.6 Å². The van der Waals surface area contributed by atoms with Crippen molar-refractivity contribution in [3.8, 4) is 0 Å². The number of carbonyl (C=O) groups is 2. The summed E-state index contributed by atoms with van der Waals surface area (Å²) in [5.74, 6) is -1.80. The topological polar surface area (TPSA) is 57.6 Å². The molecule has 1 N–H and O–H groups in total. The van der Waals surface area contributed by atoms with E-state index >= 15 is 0 Å². The maximum absolute atomic E-state index is 11.6. The van der Waals surface area contributed by atoms with Crippen LogP contribution in [0.1, 0.15) is 23.5 Å². The fourth-order valence-corrected chi connectivity index (χ4v) is 2.03. The van der Waals surface area contributed by atoms with E-state index in [1.54, 1.807) is 13.1 Å². The predicted octanol–water partition coefficient (Wildman–Crippen LogP) is 1.53. The fourth-order valence-electron chi connectivity index (χ4n) is 2.03. The molecule has 1 amide bonds. The summed E-state index contributed by atoms with van der Waals surface area (Å²) in [6.07, 6.45) is 0.0439. The monoisotopic (exact) mass is 219 g/mol.